The van der Waals surface area contributed by atoms with E-state index in [1.165, 1.54) is 12.8 Å². The van der Waals surface area contributed by atoms with Crippen molar-refractivity contribution in [2.45, 2.75) is 37.8 Å². The quantitative estimate of drug-likeness (QED) is 0.697. The van der Waals surface area contributed by atoms with Crippen molar-refractivity contribution in [3.8, 4) is 6.07 Å². The molecule has 2 bridgehead atoms. The van der Waals surface area contributed by atoms with E-state index in [-0.39, 0.29) is 0 Å². The minimum Gasteiger partial charge on any atom is -0.396 e. The van der Waals surface area contributed by atoms with E-state index in [9.17, 15) is 0 Å². The van der Waals surface area contributed by atoms with Crippen LogP contribution < -0.4 is 0 Å². The molecular weight excluding hydrogens is 164 g/mol. The highest BCUT2D eigenvalue weighted by molar-refractivity contribution is 5.00. The lowest BCUT2D eigenvalue weighted by Gasteiger charge is -2.21. The second-order valence-electron chi connectivity index (χ2n) is 4.12. The van der Waals surface area contributed by atoms with Crippen molar-refractivity contribution in [3.05, 3.63) is 0 Å². The second kappa shape index (κ2) is 3.65. The molecule has 0 aromatic carbocycles. The predicted octanol–water partition coefficient (Wildman–Crippen LogP) is 0.745. The van der Waals surface area contributed by atoms with Crippen LogP contribution in [-0.2, 0) is 0 Å². The van der Waals surface area contributed by atoms with Gasteiger partial charge in [-0.3, -0.25) is 4.90 Å². The fourth-order valence-electron chi connectivity index (χ4n) is 2.96. The van der Waals surface area contributed by atoms with Crippen LogP contribution in [0, 0.1) is 17.2 Å². The summed E-state index contributed by atoms with van der Waals surface area (Å²) in [6.45, 7) is 1.23. The molecule has 0 saturated carbocycles. The molecule has 3 nitrogen and oxygen atoms in total. The minimum absolute atomic E-state index is 0.324. The molecule has 72 valence electrons. The molecular formula is C10H16N2O. The van der Waals surface area contributed by atoms with Gasteiger partial charge in [0.2, 0.25) is 0 Å². The van der Waals surface area contributed by atoms with Gasteiger partial charge in [0, 0.05) is 31.7 Å². The van der Waals surface area contributed by atoms with Crippen molar-refractivity contribution in [1.82, 2.24) is 4.90 Å². The highest BCUT2D eigenvalue weighted by atomic mass is 16.3. The summed E-state index contributed by atoms with van der Waals surface area (Å²) < 4.78 is 0. The van der Waals surface area contributed by atoms with E-state index in [0.717, 1.165) is 13.0 Å². The summed E-state index contributed by atoms with van der Waals surface area (Å²) in [4.78, 5) is 2.43. The van der Waals surface area contributed by atoms with Crippen LogP contribution in [0.2, 0.25) is 0 Å². The number of aliphatic hydroxyl groups is 1. The Morgan fingerprint density at radius 1 is 1.46 bits per heavy atom. The van der Waals surface area contributed by atoms with Gasteiger partial charge in [-0.1, -0.05) is 0 Å². The van der Waals surface area contributed by atoms with Crippen LogP contribution in [0.3, 0.4) is 0 Å². The first-order valence-corrected chi connectivity index (χ1v) is 5.10. The smallest absolute Gasteiger partial charge is 0.0635 e. The van der Waals surface area contributed by atoms with Gasteiger partial charge >= 0.3 is 0 Å². The van der Waals surface area contributed by atoms with Crippen LogP contribution in [0.15, 0.2) is 0 Å². The van der Waals surface area contributed by atoms with Gasteiger partial charge in [-0.25, -0.2) is 0 Å². The molecule has 2 saturated heterocycles. The maximum absolute atomic E-state index is 9.14. The molecule has 3 heteroatoms. The zero-order valence-corrected chi connectivity index (χ0v) is 7.82. The topological polar surface area (TPSA) is 47.3 Å². The second-order valence-corrected chi connectivity index (χ2v) is 4.12. The number of nitriles is 1. The zero-order chi connectivity index (χ0) is 9.26. The fraction of sp³-hybridized carbons (Fsp3) is 0.900. The standard InChI is InChI=1S/C10H16N2O/c11-4-1-5-12-9-2-3-10(12)8(6-9)7-13/h8-10,13H,1-3,5-7H2. The Hall–Kier alpha value is -0.590. The number of hydrogen-bond donors (Lipinski definition) is 1. The third-order valence-corrected chi connectivity index (χ3v) is 3.53. The zero-order valence-electron chi connectivity index (χ0n) is 7.82. The molecule has 2 aliphatic rings. The van der Waals surface area contributed by atoms with Crippen molar-refractivity contribution in [2.75, 3.05) is 13.2 Å². The molecule has 2 rings (SSSR count). The van der Waals surface area contributed by atoms with E-state index in [0.29, 0.717) is 31.0 Å². The third-order valence-electron chi connectivity index (χ3n) is 3.53. The van der Waals surface area contributed by atoms with Crippen molar-refractivity contribution >= 4 is 0 Å². The number of nitrogens with zero attached hydrogens (tertiary/aromatic N) is 2. The molecule has 13 heavy (non-hydrogen) atoms. The van der Waals surface area contributed by atoms with Crippen LogP contribution in [0.4, 0.5) is 0 Å². The van der Waals surface area contributed by atoms with Gasteiger partial charge < -0.3 is 5.11 Å². The van der Waals surface area contributed by atoms with Gasteiger partial charge in [0.1, 0.15) is 0 Å². The van der Waals surface area contributed by atoms with Gasteiger partial charge in [0.15, 0.2) is 0 Å². The number of fused-ring (bicyclic) bond motifs is 2. The lowest BCUT2D eigenvalue weighted by Crippen LogP contribution is -2.32. The lowest BCUT2D eigenvalue weighted by atomic mass is 9.90. The van der Waals surface area contributed by atoms with Crippen molar-refractivity contribution in [3.63, 3.8) is 0 Å². The first-order chi connectivity index (χ1) is 6.36. The molecule has 0 aliphatic carbocycles. The SMILES string of the molecule is N#CCCN1C2CCC1C(CO)C2. The van der Waals surface area contributed by atoms with Crippen LogP contribution in [-0.4, -0.2) is 35.2 Å². The summed E-state index contributed by atoms with van der Waals surface area (Å²) in [5.74, 6) is 0.484. The van der Waals surface area contributed by atoms with E-state index >= 15 is 0 Å². The number of rotatable bonds is 3. The summed E-state index contributed by atoms with van der Waals surface area (Å²) in [5, 5.41) is 17.7. The summed E-state index contributed by atoms with van der Waals surface area (Å²) in [5.41, 5.74) is 0. The fourth-order valence-corrected chi connectivity index (χ4v) is 2.96. The Labute approximate surface area is 79.0 Å². The molecule has 1 N–H and O–H groups in total. The van der Waals surface area contributed by atoms with Crippen LogP contribution in [0.5, 0.6) is 0 Å². The molecule has 0 spiro atoms. The van der Waals surface area contributed by atoms with E-state index in [4.69, 9.17) is 10.4 Å². The average molecular weight is 180 g/mol. The normalized spacial score (nSPS) is 38.0. The highest BCUT2D eigenvalue weighted by Gasteiger charge is 2.45. The van der Waals surface area contributed by atoms with Gasteiger partial charge in [-0.05, 0) is 25.2 Å². The number of hydrogen-bond acceptors (Lipinski definition) is 3. The van der Waals surface area contributed by atoms with Crippen molar-refractivity contribution < 1.29 is 5.11 Å². The van der Waals surface area contributed by atoms with E-state index in [1.807, 2.05) is 0 Å². The minimum atomic E-state index is 0.324. The average Bonchev–Trinajstić information content (AvgIpc) is 2.70. The van der Waals surface area contributed by atoms with Gasteiger partial charge in [0.25, 0.3) is 0 Å². The largest absolute Gasteiger partial charge is 0.396 e. The molecule has 2 fully saturated rings. The maximum atomic E-state index is 9.14. The van der Waals surface area contributed by atoms with Crippen LogP contribution in [0.25, 0.3) is 0 Å². The molecule has 2 aliphatic heterocycles. The van der Waals surface area contributed by atoms with Crippen molar-refractivity contribution in [1.29, 1.82) is 5.26 Å². The molecule has 0 aromatic rings. The molecule has 2 heterocycles. The van der Waals surface area contributed by atoms with Crippen LogP contribution in [0.1, 0.15) is 25.7 Å². The monoisotopic (exact) mass is 180 g/mol. The van der Waals surface area contributed by atoms with Gasteiger partial charge in [0.05, 0.1) is 6.07 Å². The first kappa shape index (κ1) is 8.98. The summed E-state index contributed by atoms with van der Waals surface area (Å²) in [6, 6.07) is 3.43. The maximum Gasteiger partial charge on any atom is 0.0635 e. The van der Waals surface area contributed by atoms with Gasteiger partial charge in [-0.15, -0.1) is 0 Å². The summed E-state index contributed by atoms with van der Waals surface area (Å²) in [7, 11) is 0. The lowest BCUT2D eigenvalue weighted by molar-refractivity contribution is 0.176. The predicted molar refractivity (Wildman–Crippen MR) is 48.9 cm³/mol. The third kappa shape index (κ3) is 1.45. The Morgan fingerprint density at radius 3 is 2.92 bits per heavy atom. The van der Waals surface area contributed by atoms with Crippen molar-refractivity contribution in [2.24, 2.45) is 5.92 Å². The molecule has 0 radical (unpaired) electrons. The van der Waals surface area contributed by atoms with E-state index in [2.05, 4.69) is 11.0 Å². The van der Waals surface area contributed by atoms with E-state index < -0.39 is 0 Å². The molecule has 0 amide bonds. The molecule has 3 atom stereocenters. The summed E-state index contributed by atoms with van der Waals surface area (Å²) in [6.07, 6.45) is 4.27. The van der Waals surface area contributed by atoms with Gasteiger partial charge in [-0.2, -0.15) is 5.26 Å². The Morgan fingerprint density at radius 2 is 2.31 bits per heavy atom. The Balaban J connectivity index is 1.95. The molecule has 0 aromatic heterocycles. The first-order valence-electron chi connectivity index (χ1n) is 5.10. The Bertz CT molecular complexity index is 223. The van der Waals surface area contributed by atoms with Crippen LogP contribution >= 0.6 is 0 Å². The molecule has 3 unspecified atom stereocenters. The highest BCUT2D eigenvalue weighted by Crippen LogP contribution is 2.41. The summed E-state index contributed by atoms with van der Waals surface area (Å²) >= 11 is 0. The van der Waals surface area contributed by atoms with E-state index in [1.54, 1.807) is 0 Å². The number of aliphatic hydroxyl groups excluding tert-OH is 1. The Kier molecular flexibility index (Phi) is 2.52.